The quantitative estimate of drug-likeness (QED) is 0.791. The van der Waals surface area contributed by atoms with Crippen molar-refractivity contribution in [2.75, 3.05) is 36.1 Å². The SMILES string of the molecule is CCS(=O)(=O)N1C[C@H](C(=O)Nc2ccc(OC)c(OC)c2)Oc2ccccc21. The summed E-state index contributed by atoms with van der Waals surface area (Å²) in [5.41, 5.74) is 0.912. The van der Waals surface area contributed by atoms with Gasteiger partial charge in [0.25, 0.3) is 5.91 Å². The van der Waals surface area contributed by atoms with Gasteiger partial charge in [-0.25, -0.2) is 8.42 Å². The summed E-state index contributed by atoms with van der Waals surface area (Å²) in [6.45, 7) is 1.46. The third kappa shape index (κ3) is 3.84. The zero-order valence-electron chi connectivity index (χ0n) is 15.8. The number of hydrogen-bond acceptors (Lipinski definition) is 6. The molecule has 150 valence electrons. The summed E-state index contributed by atoms with van der Waals surface area (Å²) in [7, 11) is -0.539. The molecule has 28 heavy (non-hydrogen) atoms. The number of nitrogens with one attached hydrogen (secondary N) is 1. The Morgan fingerprint density at radius 1 is 1.18 bits per heavy atom. The Kier molecular flexibility index (Phi) is 5.64. The van der Waals surface area contributed by atoms with Crippen LogP contribution in [0.15, 0.2) is 42.5 Å². The molecule has 1 amide bonds. The van der Waals surface area contributed by atoms with Gasteiger partial charge < -0.3 is 19.5 Å². The molecule has 0 radical (unpaired) electrons. The number of benzene rings is 2. The Morgan fingerprint density at radius 2 is 1.89 bits per heavy atom. The highest BCUT2D eigenvalue weighted by atomic mass is 32.2. The number of ether oxygens (including phenoxy) is 3. The lowest BCUT2D eigenvalue weighted by atomic mass is 10.2. The molecule has 0 aromatic heterocycles. The highest BCUT2D eigenvalue weighted by Gasteiger charge is 2.36. The fourth-order valence-electron chi connectivity index (χ4n) is 2.89. The number of hydrogen-bond donors (Lipinski definition) is 1. The van der Waals surface area contributed by atoms with Crippen LogP contribution in [-0.2, 0) is 14.8 Å². The van der Waals surface area contributed by atoms with Crippen molar-refractivity contribution in [3.8, 4) is 17.2 Å². The van der Waals surface area contributed by atoms with E-state index in [4.69, 9.17) is 14.2 Å². The third-order valence-corrected chi connectivity index (χ3v) is 6.13. The lowest BCUT2D eigenvalue weighted by Crippen LogP contribution is -2.49. The second-order valence-electron chi connectivity index (χ2n) is 6.06. The van der Waals surface area contributed by atoms with E-state index in [1.165, 1.54) is 18.5 Å². The first-order valence-corrected chi connectivity index (χ1v) is 10.3. The van der Waals surface area contributed by atoms with Crippen LogP contribution in [-0.4, -0.2) is 46.9 Å². The second kappa shape index (κ2) is 7.97. The molecule has 3 rings (SSSR count). The summed E-state index contributed by atoms with van der Waals surface area (Å²) in [6.07, 6.45) is -0.996. The normalized spacial score (nSPS) is 16.0. The number of rotatable bonds is 6. The van der Waals surface area contributed by atoms with Gasteiger partial charge in [0.2, 0.25) is 10.0 Å². The van der Waals surface area contributed by atoms with Crippen LogP contribution in [0.4, 0.5) is 11.4 Å². The monoisotopic (exact) mass is 406 g/mol. The maximum Gasteiger partial charge on any atom is 0.267 e. The lowest BCUT2D eigenvalue weighted by Gasteiger charge is -2.34. The molecule has 0 fully saturated rings. The van der Waals surface area contributed by atoms with Crippen LogP contribution in [0.3, 0.4) is 0 Å². The summed E-state index contributed by atoms with van der Waals surface area (Å²) in [5, 5.41) is 2.74. The van der Waals surface area contributed by atoms with Crippen LogP contribution in [0.25, 0.3) is 0 Å². The van der Waals surface area contributed by atoms with Crippen molar-refractivity contribution in [1.82, 2.24) is 0 Å². The zero-order chi connectivity index (χ0) is 20.3. The molecule has 8 nitrogen and oxygen atoms in total. The molecule has 2 aromatic rings. The van der Waals surface area contributed by atoms with Crippen LogP contribution < -0.4 is 23.8 Å². The number of methoxy groups -OCH3 is 2. The van der Waals surface area contributed by atoms with Crippen LogP contribution in [0.5, 0.6) is 17.2 Å². The van der Waals surface area contributed by atoms with Crippen molar-refractivity contribution in [2.24, 2.45) is 0 Å². The molecule has 1 aliphatic rings. The summed E-state index contributed by atoms with van der Waals surface area (Å²) in [6, 6.07) is 11.7. The van der Waals surface area contributed by atoms with E-state index < -0.39 is 22.0 Å². The molecule has 0 aliphatic carbocycles. The van der Waals surface area contributed by atoms with E-state index in [0.717, 1.165) is 0 Å². The first-order chi connectivity index (χ1) is 13.4. The molecular weight excluding hydrogens is 384 g/mol. The molecule has 1 N–H and O–H groups in total. The van der Waals surface area contributed by atoms with E-state index in [1.807, 2.05) is 0 Å². The highest BCUT2D eigenvalue weighted by Crippen LogP contribution is 2.35. The van der Waals surface area contributed by atoms with Gasteiger partial charge in [-0.2, -0.15) is 0 Å². The average molecular weight is 406 g/mol. The summed E-state index contributed by atoms with van der Waals surface area (Å²) >= 11 is 0. The second-order valence-corrected chi connectivity index (χ2v) is 8.25. The summed E-state index contributed by atoms with van der Waals surface area (Å²) < 4.78 is 42.4. The Bertz CT molecular complexity index is 976. The Morgan fingerprint density at radius 3 is 2.57 bits per heavy atom. The number of carbonyl (C=O) groups is 1. The predicted molar refractivity (Wildman–Crippen MR) is 106 cm³/mol. The Balaban J connectivity index is 1.85. The maximum atomic E-state index is 12.8. The average Bonchev–Trinajstić information content (AvgIpc) is 2.72. The number of sulfonamides is 1. The van der Waals surface area contributed by atoms with Crippen LogP contribution in [0.1, 0.15) is 6.92 Å². The fourth-order valence-corrected chi connectivity index (χ4v) is 4.02. The number of amides is 1. The first kappa shape index (κ1) is 19.8. The fraction of sp³-hybridized carbons (Fsp3) is 0.316. The van der Waals surface area contributed by atoms with Crippen LogP contribution in [0, 0.1) is 0 Å². The Labute approximate surface area is 164 Å². The van der Waals surface area contributed by atoms with E-state index in [9.17, 15) is 13.2 Å². The van der Waals surface area contributed by atoms with Crippen molar-refractivity contribution in [3.63, 3.8) is 0 Å². The molecule has 1 atom stereocenters. The zero-order valence-corrected chi connectivity index (χ0v) is 16.7. The molecule has 0 saturated carbocycles. The van der Waals surface area contributed by atoms with E-state index >= 15 is 0 Å². The molecule has 1 aliphatic heterocycles. The molecular formula is C19H22N2O6S. The van der Waals surface area contributed by atoms with Gasteiger partial charge in [-0.3, -0.25) is 9.10 Å². The van der Waals surface area contributed by atoms with E-state index in [2.05, 4.69) is 5.32 Å². The minimum absolute atomic E-state index is 0.0780. The van der Waals surface area contributed by atoms with E-state index in [-0.39, 0.29) is 12.3 Å². The predicted octanol–water partition coefficient (Wildman–Crippen LogP) is 2.26. The number of para-hydroxylation sites is 2. The van der Waals surface area contributed by atoms with E-state index in [1.54, 1.807) is 49.4 Å². The summed E-state index contributed by atoms with van der Waals surface area (Å²) in [5.74, 6) is 0.802. The van der Waals surface area contributed by atoms with Gasteiger partial charge in [0, 0.05) is 11.8 Å². The van der Waals surface area contributed by atoms with E-state index in [0.29, 0.717) is 28.6 Å². The topological polar surface area (TPSA) is 94.2 Å². The standard InChI is InChI=1S/C19H22N2O6S/c1-4-28(23,24)21-12-18(27-15-8-6-5-7-14(15)21)19(22)20-13-9-10-16(25-2)17(11-13)26-3/h5-11,18H,4,12H2,1-3H3,(H,20,22)/t18-/m1/s1. The van der Waals surface area contributed by atoms with Gasteiger partial charge in [-0.05, 0) is 31.2 Å². The van der Waals surface area contributed by atoms with Crippen molar-refractivity contribution < 1.29 is 27.4 Å². The lowest BCUT2D eigenvalue weighted by molar-refractivity contribution is -0.122. The molecule has 0 unspecified atom stereocenters. The van der Waals surface area contributed by atoms with Gasteiger partial charge in [0.15, 0.2) is 17.6 Å². The minimum Gasteiger partial charge on any atom is -0.493 e. The van der Waals surface area contributed by atoms with Crippen molar-refractivity contribution >= 4 is 27.3 Å². The van der Waals surface area contributed by atoms with Crippen molar-refractivity contribution in [1.29, 1.82) is 0 Å². The minimum atomic E-state index is -3.56. The van der Waals surface area contributed by atoms with Crippen molar-refractivity contribution in [3.05, 3.63) is 42.5 Å². The van der Waals surface area contributed by atoms with Gasteiger partial charge >= 0.3 is 0 Å². The van der Waals surface area contributed by atoms with Gasteiger partial charge in [0.05, 0.1) is 32.2 Å². The molecule has 0 spiro atoms. The number of nitrogens with zero attached hydrogens (tertiary/aromatic N) is 1. The van der Waals surface area contributed by atoms with Gasteiger partial charge in [-0.1, -0.05) is 12.1 Å². The molecule has 1 heterocycles. The van der Waals surface area contributed by atoms with Gasteiger partial charge in [-0.15, -0.1) is 0 Å². The summed E-state index contributed by atoms with van der Waals surface area (Å²) in [4.78, 5) is 12.8. The number of carbonyl (C=O) groups excluding carboxylic acids is 1. The Hall–Kier alpha value is -2.94. The van der Waals surface area contributed by atoms with Crippen LogP contribution in [0.2, 0.25) is 0 Å². The number of anilines is 2. The molecule has 9 heteroatoms. The van der Waals surface area contributed by atoms with Gasteiger partial charge in [0.1, 0.15) is 5.75 Å². The highest BCUT2D eigenvalue weighted by molar-refractivity contribution is 7.92. The number of fused-ring (bicyclic) bond motifs is 1. The maximum absolute atomic E-state index is 12.8. The van der Waals surface area contributed by atoms with Crippen molar-refractivity contribution in [2.45, 2.75) is 13.0 Å². The third-order valence-electron chi connectivity index (χ3n) is 4.38. The first-order valence-electron chi connectivity index (χ1n) is 8.68. The molecule has 0 saturated heterocycles. The van der Waals surface area contributed by atoms with Crippen LogP contribution >= 0.6 is 0 Å². The smallest absolute Gasteiger partial charge is 0.267 e. The molecule has 0 bridgehead atoms. The largest absolute Gasteiger partial charge is 0.493 e. The molecule has 2 aromatic carbocycles.